The molecule has 0 radical (unpaired) electrons. The predicted molar refractivity (Wildman–Crippen MR) is 108 cm³/mol. The van der Waals surface area contributed by atoms with Gasteiger partial charge in [-0.1, -0.05) is 23.7 Å². The van der Waals surface area contributed by atoms with Crippen LogP contribution in [0, 0.1) is 6.92 Å². The van der Waals surface area contributed by atoms with Crippen molar-refractivity contribution >= 4 is 28.8 Å². The summed E-state index contributed by atoms with van der Waals surface area (Å²) in [4.78, 5) is 18.6. The van der Waals surface area contributed by atoms with Crippen LogP contribution in [0.2, 0.25) is 5.02 Å². The molecule has 0 fully saturated rings. The van der Waals surface area contributed by atoms with E-state index in [0.717, 1.165) is 16.1 Å². The molecular weight excluding hydrogens is 384 g/mol. The Morgan fingerprint density at radius 2 is 1.74 bits per heavy atom. The number of benzene rings is 2. The topological polar surface area (TPSA) is 52.8 Å². The summed E-state index contributed by atoms with van der Waals surface area (Å²) in [7, 11) is 4.98. The molecular formula is C20H19ClN2O3S. The number of rotatable bonds is 4. The van der Waals surface area contributed by atoms with Gasteiger partial charge in [-0.3, -0.25) is 4.79 Å². The Labute approximate surface area is 166 Å². The minimum absolute atomic E-state index is 0.338. The molecule has 27 heavy (non-hydrogen) atoms. The van der Waals surface area contributed by atoms with E-state index >= 15 is 0 Å². The highest BCUT2D eigenvalue weighted by Crippen LogP contribution is 2.28. The molecule has 140 valence electrons. The van der Waals surface area contributed by atoms with Gasteiger partial charge < -0.3 is 14.0 Å². The number of halogens is 1. The maximum atomic E-state index is 12.6. The molecule has 1 amide bonds. The summed E-state index contributed by atoms with van der Waals surface area (Å²) in [6.45, 7) is 2.01. The van der Waals surface area contributed by atoms with Gasteiger partial charge in [-0.05, 0) is 42.8 Å². The molecule has 0 aliphatic carbocycles. The summed E-state index contributed by atoms with van der Waals surface area (Å²) in [5, 5.41) is 0.683. The standard InChI is InChI=1S/C20H19ClN2O3S/c1-12-18(13-5-8-15(21)9-6-13)23(2)20(27-12)22-19(24)14-7-10-16(25-3)17(11-14)26-4/h5-11H,1-4H3. The van der Waals surface area contributed by atoms with Crippen LogP contribution in [0.5, 0.6) is 11.5 Å². The Hall–Kier alpha value is -2.57. The van der Waals surface area contributed by atoms with Crippen molar-refractivity contribution in [3.05, 3.63) is 62.7 Å². The molecule has 0 saturated heterocycles. The molecule has 0 unspecified atom stereocenters. The molecule has 0 N–H and O–H groups in total. The van der Waals surface area contributed by atoms with Crippen molar-refractivity contribution in [2.75, 3.05) is 14.2 Å². The Bertz CT molecular complexity index is 1050. The number of aromatic nitrogens is 1. The van der Waals surface area contributed by atoms with Crippen molar-refractivity contribution in [2.24, 2.45) is 12.0 Å². The van der Waals surface area contributed by atoms with Crippen molar-refractivity contribution in [1.29, 1.82) is 0 Å². The first-order valence-electron chi connectivity index (χ1n) is 8.18. The zero-order valence-corrected chi connectivity index (χ0v) is 17.0. The summed E-state index contributed by atoms with van der Waals surface area (Å²) in [5.74, 6) is 0.721. The van der Waals surface area contributed by atoms with E-state index in [9.17, 15) is 4.79 Å². The smallest absolute Gasteiger partial charge is 0.279 e. The number of carbonyl (C=O) groups excluding carboxylic acids is 1. The van der Waals surface area contributed by atoms with E-state index in [0.29, 0.717) is 26.9 Å². The fourth-order valence-corrected chi connectivity index (χ4v) is 3.92. The summed E-state index contributed by atoms with van der Waals surface area (Å²) in [6, 6.07) is 12.6. The fraction of sp³-hybridized carbons (Fsp3) is 0.200. The van der Waals surface area contributed by atoms with Gasteiger partial charge in [0.2, 0.25) is 0 Å². The minimum atomic E-state index is -0.338. The number of amides is 1. The van der Waals surface area contributed by atoms with E-state index in [4.69, 9.17) is 21.1 Å². The second kappa shape index (κ2) is 7.98. The van der Waals surface area contributed by atoms with Crippen LogP contribution in [0.4, 0.5) is 0 Å². The molecule has 5 nitrogen and oxygen atoms in total. The monoisotopic (exact) mass is 402 g/mol. The molecule has 3 aromatic rings. The second-order valence-electron chi connectivity index (χ2n) is 5.84. The van der Waals surface area contributed by atoms with E-state index < -0.39 is 0 Å². The Morgan fingerprint density at radius 3 is 2.37 bits per heavy atom. The molecule has 0 saturated carbocycles. The van der Waals surface area contributed by atoms with Crippen LogP contribution in [0.1, 0.15) is 15.2 Å². The normalized spacial score (nSPS) is 11.5. The highest BCUT2D eigenvalue weighted by atomic mass is 35.5. The lowest BCUT2D eigenvalue weighted by molar-refractivity contribution is 0.0997. The molecule has 0 aliphatic rings. The number of methoxy groups -OCH3 is 2. The zero-order chi connectivity index (χ0) is 19.6. The van der Waals surface area contributed by atoms with Gasteiger partial charge in [-0.15, -0.1) is 11.3 Å². The van der Waals surface area contributed by atoms with Crippen LogP contribution in [0.25, 0.3) is 11.3 Å². The first-order chi connectivity index (χ1) is 12.9. The van der Waals surface area contributed by atoms with Gasteiger partial charge in [-0.2, -0.15) is 4.99 Å². The van der Waals surface area contributed by atoms with E-state index in [1.54, 1.807) is 25.3 Å². The van der Waals surface area contributed by atoms with Gasteiger partial charge in [0.05, 0.1) is 19.9 Å². The number of thiazole rings is 1. The zero-order valence-electron chi connectivity index (χ0n) is 15.4. The third kappa shape index (κ3) is 3.91. The highest BCUT2D eigenvalue weighted by Gasteiger charge is 2.13. The number of hydrogen-bond donors (Lipinski definition) is 0. The van der Waals surface area contributed by atoms with E-state index in [1.165, 1.54) is 18.4 Å². The SMILES string of the molecule is COc1ccc(C(=O)N=c2sc(C)c(-c3ccc(Cl)cc3)n2C)cc1OC. The fourth-order valence-electron chi connectivity index (χ4n) is 2.81. The Kier molecular flexibility index (Phi) is 5.68. The predicted octanol–water partition coefficient (Wildman–Crippen LogP) is 4.47. The number of ether oxygens (including phenoxy) is 2. The molecule has 0 atom stereocenters. The van der Waals surface area contributed by atoms with Crippen molar-refractivity contribution in [3.8, 4) is 22.8 Å². The minimum Gasteiger partial charge on any atom is -0.493 e. The first kappa shape index (κ1) is 19.2. The molecule has 1 heterocycles. The van der Waals surface area contributed by atoms with Gasteiger partial charge >= 0.3 is 0 Å². The second-order valence-corrected chi connectivity index (χ2v) is 7.46. The number of nitrogens with zero attached hydrogens (tertiary/aromatic N) is 2. The summed E-state index contributed by atoms with van der Waals surface area (Å²) >= 11 is 7.45. The van der Waals surface area contributed by atoms with Crippen LogP contribution >= 0.6 is 22.9 Å². The molecule has 1 aromatic heterocycles. The average molecular weight is 403 g/mol. The molecule has 3 rings (SSSR count). The molecule has 0 spiro atoms. The van der Waals surface area contributed by atoms with E-state index in [2.05, 4.69) is 4.99 Å². The first-order valence-corrected chi connectivity index (χ1v) is 9.37. The lowest BCUT2D eigenvalue weighted by atomic mass is 10.1. The van der Waals surface area contributed by atoms with E-state index in [1.807, 2.05) is 42.8 Å². The van der Waals surface area contributed by atoms with Gasteiger partial charge in [-0.25, -0.2) is 0 Å². The van der Waals surface area contributed by atoms with E-state index in [-0.39, 0.29) is 5.91 Å². The van der Waals surface area contributed by atoms with Crippen molar-refractivity contribution < 1.29 is 14.3 Å². The Morgan fingerprint density at radius 1 is 1.07 bits per heavy atom. The number of carbonyl (C=O) groups is 1. The molecule has 2 aromatic carbocycles. The highest BCUT2D eigenvalue weighted by molar-refractivity contribution is 7.09. The van der Waals surface area contributed by atoms with Crippen LogP contribution < -0.4 is 14.3 Å². The Balaban J connectivity index is 2.02. The summed E-state index contributed by atoms with van der Waals surface area (Å²) < 4.78 is 12.4. The van der Waals surface area contributed by atoms with Crippen LogP contribution in [0.15, 0.2) is 47.5 Å². The average Bonchev–Trinajstić information content (AvgIpc) is 2.95. The third-order valence-electron chi connectivity index (χ3n) is 4.15. The summed E-state index contributed by atoms with van der Waals surface area (Å²) in [5.41, 5.74) is 2.47. The maximum Gasteiger partial charge on any atom is 0.279 e. The van der Waals surface area contributed by atoms with Crippen LogP contribution in [0.3, 0.4) is 0 Å². The van der Waals surface area contributed by atoms with Crippen molar-refractivity contribution in [1.82, 2.24) is 4.57 Å². The van der Waals surface area contributed by atoms with Crippen LogP contribution in [-0.2, 0) is 7.05 Å². The van der Waals surface area contributed by atoms with Gasteiger partial charge in [0, 0.05) is 22.5 Å². The van der Waals surface area contributed by atoms with Gasteiger partial charge in [0.15, 0.2) is 16.3 Å². The van der Waals surface area contributed by atoms with Crippen molar-refractivity contribution in [2.45, 2.75) is 6.92 Å². The summed E-state index contributed by atoms with van der Waals surface area (Å²) in [6.07, 6.45) is 0. The molecule has 0 bridgehead atoms. The third-order valence-corrected chi connectivity index (χ3v) is 5.44. The molecule has 7 heteroatoms. The van der Waals surface area contributed by atoms with Gasteiger partial charge in [0.1, 0.15) is 0 Å². The number of aryl methyl sites for hydroxylation is 1. The number of hydrogen-bond acceptors (Lipinski definition) is 4. The van der Waals surface area contributed by atoms with Gasteiger partial charge in [0.25, 0.3) is 5.91 Å². The van der Waals surface area contributed by atoms with Crippen molar-refractivity contribution in [3.63, 3.8) is 0 Å². The molecule has 0 aliphatic heterocycles. The lowest BCUT2D eigenvalue weighted by Crippen LogP contribution is -2.14. The van der Waals surface area contributed by atoms with Crippen LogP contribution in [-0.4, -0.2) is 24.7 Å². The maximum absolute atomic E-state index is 12.6. The largest absolute Gasteiger partial charge is 0.493 e. The quantitative estimate of drug-likeness (QED) is 0.646. The lowest BCUT2D eigenvalue weighted by Gasteiger charge is -2.07.